The van der Waals surface area contributed by atoms with Crippen LogP contribution in [0.5, 0.6) is 23.0 Å². The number of halogens is 4. The van der Waals surface area contributed by atoms with Crippen LogP contribution in [0.1, 0.15) is 10.4 Å². The second kappa shape index (κ2) is 9.79. The first kappa shape index (κ1) is 25.1. The number of sulfonamides is 1. The van der Waals surface area contributed by atoms with E-state index >= 15 is 0 Å². The number of para-hydroxylation sites is 1. The van der Waals surface area contributed by atoms with Crippen molar-refractivity contribution in [3.63, 3.8) is 0 Å². The molecule has 0 aromatic heterocycles. The number of carbonyl (C=O) groups excluding carboxylic acids is 1. The monoisotopic (exact) mass is 516 g/mol. The Labute approximate surface area is 197 Å². The highest BCUT2D eigenvalue weighted by Gasteiger charge is 2.32. The van der Waals surface area contributed by atoms with Gasteiger partial charge in [-0.15, -0.1) is 13.2 Å². The Hall–Kier alpha value is -3.48. The standard InChI is InChI=1S/C21H16ClF3N2O6S/c1-31-19-16(22)6-3-7-17(19)32-18-11-13(33-21(23,24)25)8-9-15(18)20(28)27-12-4-2-5-14(10-12)34(26,29)30/h2-11H,1H3,(H,27,28)(H2,26,29,30). The van der Waals surface area contributed by atoms with Gasteiger partial charge in [-0.1, -0.05) is 23.7 Å². The molecular formula is C21H16ClF3N2O6S. The molecule has 0 bridgehead atoms. The van der Waals surface area contributed by atoms with E-state index in [0.717, 1.165) is 24.3 Å². The Balaban J connectivity index is 2.01. The molecule has 13 heteroatoms. The van der Waals surface area contributed by atoms with Crippen LogP contribution in [0.4, 0.5) is 18.9 Å². The molecule has 3 aromatic carbocycles. The van der Waals surface area contributed by atoms with Crippen LogP contribution < -0.4 is 24.7 Å². The summed E-state index contributed by atoms with van der Waals surface area (Å²) >= 11 is 6.06. The largest absolute Gasteiger partial charge is 0.573 e. The summed E-state index contributed by atoms with van der Waals surface area (Å²) in [7, 11) is -2.73. The topological polar surface area (TPSA) is 117 Å². The summed E-state index contributed by atoms with van der Waals surface area (Å²) < 4.78 is 76.0. The number of amides is 1. The molecule has 0 spiro atoms. The second-order valence-electron chi connectivity index (χ2n) is 6.61. The number of hydrogen-bond donors (Lipinski definition) is 2. The molecule has 0 aliphatic carbocycles. The van der Waals surface area contributed by atoms with Crippen molar-refractivity contribution < 1.29 is 40.6 Å². The molecule has 0 radical (unpaired) electrons. The predicted octanol–water partition coefficient (Wildman–Crippen LogP) is 4.94. The molecular weight excluding hydrogens is 501 g/mol. The maximum absolute atomic E-state index is 12.9. The Kier molecular flexibility index (Phi) is 7.24. The Morgan fingerprint density at radius 3 is 2.38 bits per heavy atom. The number of rotatable bonds is 7. The number of primary sulfonamides is 1. The van der Waals surface area contributed by atoms with Gasteiger partial charge in [-0.3, -0.25) is 4.79 Å². The van der Waals surface area contributed by atoms with Crippen molar-refractivity contribution in [1.82, 2.24) is 0 Å². The summed E-state index contributed by atoms with van der Waals surface area (Å²) in [6, 6.07) is 12.4. The Morgan fingerprint density at radius 2 is 1.74 bits per heavy atom. The van der Waals surface area contributed by atoms with Gasteiger partial charge < -0.3 is 19.5 Å². The Bertz CT molecular complexity index is 1330. The van der Waals surface area contributed by atoms with E-state index in [-0.39, 0.29) is 38.4 Å². The number of ether oxygens (including phenoxy) is 3. The maximum atomic E-state index is 12.9. The molecule has 3 rings (SSSR count). The zero-order valence-electron chi connectivity index (χ0n) is 17.2. The first-order valence-electron chi connectivity index (χ1n) is 9.22. The number of nitrogens with two attached hydrogens (primary N) is 1. The fourth-order valence-corrected chi connectivity index (χ4v) is 3.61. The first-order valence-corrected chi connectivity index (χ1v) is 11.1. The molecule has 0 atom stereocenters. The fraction of sp³-hybridized carbons (Fsp3) is 0.0952. The van der Waals surface area contributed by atoms with Gasteiger partial charge >= 0.3 is 6.36 Å². The third kappa shape index (κ3) is 6.31. The van der Waals surface area contributed by atoms with E-state index in [2.05, 4.69) is 10.1 Å². The smallest absolute Gasteiger partial charge is 0.491 e. The number of anilines is 1. The minimum absolute atomic E-state index is 0.0180. The van der Waals surface area contributed by atoms with Gasteiger partial charge in [0.05, 0.1) is 22.6 Å². The third-order valence-corrected chi connectivity index (χ3v) is 5.42. The average molecular weight is 517 g/mol. The van der Waals surface area contributed by atoms with Gasteiger partial charge in [0.2, 0.25) is 10.0 Å². The van der Waals surface area contributed by atoms with E-state index in [9.17, 15) is 26.4 Å². The predicted molar refractivity (Wildman–Crippen MR) is 117 cm³/mol. The van der Waals surface area contributed by atoms with Crippen LogP contribution in [0.3, 0.4) is 0 Å². The molecule has 0 heterocycles. The highest BCUT2D eigenvalue weighted by Crippen LogP contribution is 2.39. The van der Waals surface area contributed by atoms with Crippen molar-refractivity contribution in [2.24, 2.45) is 5.14 Å². The van der Waals surface area contributed by atoms with Gasteiger partial charge in [-0.25, -0.2) is 13.6 Å². The molecule has 0 saturated carbocycles. The number of hydrogen-bond acceptors (Lipinski definition) is 6. The van der Waals surface area contributed by atoms with Gasteiger partial charge in [0.15, 0.2) is 11.5 Å². The molecule has 3 aromatic rings. The number of carbonyl (C=O) groups is 1. The summed E-state index contributed by atoms with van der Waals surface area (Å²) in [5.41, 5.74) is -0.129. The van der Waals surface area contributed by atoms with Gasteiger partial charge in [0.1, 0.15) is 11.5 Å². The van der Waals surface area contributed by atoms with Gasteiger partial charge in [-0.2, -0.15) is 0 Å². The summed E-state index contributed by atoms with van der Waals surface area (Å²) in [4.78, 5) is 12.7. The van der Waals surface area contributed by atoms with E-state index < -0.39 is 28.0 Å². The first-order chi connectivity index (χ1) is 15.9. The van der Waals surface area contributed by atoms with Crippen LogP contribution in [0, 0.1) is 0 Å². The van der Waals surface area contributed by atoms with E-state index in [1.165, 1.54) is 43.5 Å². The summed E-state index contributed by atoms with van der Waals surface area (Å²) in [5, 5.41) is 7.70. The molecule has 1 amide bonds. The van der Waals surface area contributed by atoms with Gasteiger partial charge in [0.25, 0.3) is 5.91 Å². The zero-order valence-corrected chi connectivity index (χ0v) is 18.8. The number of alkyl halides is 3. The molecule has 34 heavy (non-hydrogen) atoms. The van der Waals surface area contributed by atoms with Crippen LogP contribution in [-0.2, 0) is 10.0 Å². The van der Waals surface area contributed by atoms with Crippen LogP contribution >= 0.6 is 11.6 Å². The van der Waals surface area contributed by atoms with Crippen molar-refractivity contribution in [2.75, 3.05) is 12.4 Å². The number of nitrogens with one attached hydrogen (secondary N) is 1. The fourth-order valence-electron chi connectivity index (χ4n) is 2.81. The minimum atomic E-state index is -4.98. The second-order valence-corrected chi connectivity index (χ2v) is 8.57. The van der Waals surface area contributed by atoms with Crippen LogP contribution in [0.25, 0.3) is 0 Å². The highest BCUT2D eigenvalue weighted by atomic mass is 35.5. The normalized spacial score (nSPS) is 11.6. The lowest BCUT2D eigenvalue weighted by molar-refractivity contribution is -0.274. The van der Waals surface area contributed by atoms with E-state index in [1.807, 2.05) is 0 Å². The van der Waals surface area contributed by atoms with Crippen LogP contribution in [-0.4, -0.2) is 27.8 Å². The highest BCUT2D eigenvalue weighted by molar-refractivity contribution is 7.89. The molecule has 0 aliphatic rings. The molecule has 0 saturated heterocycles. The van der Waals surface area contributed by atoms with Crippen molar-refractivity contribution >= 4 is 33.2 Å². The average Bonchev–Trinajstić information content (AvgIpc) is 2.72. The zero-order chi connectivity index (χ0) is 25.1. The van der Waals surface area contributed by atoms with E-state index in [0.29, 0.717) is 0 Å². The van der Waals surface area contributed by atoms with Crippen molar-refractivity contribution in [1.29, 1.82) is 0 Å². The quantitative estimate of drug-likeness (QED) is 0.459. The number of benzene rings is 3. The lowest BCUT2D eigenvalue weighted by Crippen LogP contribution is -2.18. The Morgan fingerprint density at radius 1 is 1.03 bits per heavy atom. The van der Waals surface area contributed by atoms with Crippen molar-refractivity contribution in [2.45, 2.75) is 11.3 Å². The van der Waals surface area contributed by atoms with Crippen molar-refractivity contribution in [3.8, 4) is 23.0 Å². The van der Waals surface area contributed by atoms with Gasteiger partial charge in [0, 0.05) is 11.8 Å². The molecule has 8 nitrogen and oxygen atoms in total. The van der Waals surface area contributed by atoms with Crippen LogP contribution in [0.15, 0.2) is 65.6 Å². The van der Waals surface area contributed by atoms with Crippen LogP contribution in [0.2, 0.25) is 5.02 Å². The molecule has 0 unspecified atom stereocenters. The maximum Gasteiger partial charge on any atom is 0.573 e. The lowest BCUT2D eigenvalue weighted by Gasteiger charge is -2.16. The summed E-state index contributed by atoms with van der Waals surface area (Å²) in [6.45, 7) is 0. The van der Waals surface area contributed by atoms with Gasteiger partial charge in [-0.05, 0) is 42.5 Å². The molecule has 180 valence electrons. The van der Waals surface area contributed by atoms with Crippen molar-refractivity contribution in [3.05, 3.63) is 71.2 Å². The minimum Gasteiger partial charge on any atom is -0.491 e. The van der Waals surface area contributed by atoms with E-state index in [1.54, 1.807) is 0 Å². The molecule has 0 aliphatic heterocycles. The third-order valence-electron chi connectivity index (χ3n) is 4.21. The van der Waals surface area contributed by atoms with E-state index in [4.69, 9.17) is 26.2 Å². The number of methoxy groups -OCH3 is 1. The summed E-state index contributed by atoms with van der Waals surface area (Å²) in [6.07, 6.45) is -4.98. The summed E-state index contributed by atoms with van der Waals surface area (Å²) in [5.74, 6) is -1.68. The lowest BCUT2D eigenvalue weighted by atomic mass is 10.1. The SMILES string of the molecule is COc1c(Cl)cccc1Oc1cc(OC(F)(F)F)ccc1C(=O)Nc1cccc(S(N)(=O)=O)c1. The molecule has 3 N–H and O–H groups in total. The molecule has 0 fully saturated rings.